The number of aromatic nitrogens is 2. The fourth-order valence-corrected chi connectivity index (χ4v) is 1.80. The third-order valence-electron chi connectivity index (χ3n) is 2.07. The third-order valence-corrected chi connectivity index (χ3v) is 2.76. The van der Waals surface area contributed by atoms with Gasteiger partial charge in [0, 0.05) is 6.20 Å². The van der Waals surface area contributed by atoms with Crippen molar-refractivity contribution in [1.82, 2.24) is 9.97 Å². The van der Waals surface area contributed by atoms with Crippen molar-refractivity contribution in [3.63, 3.8) is 0 Å². The fourth-order valence-electron chi connectivity index (χ4n) is 1.28. The Morgan fingerprint density at radius 3 is 2.76 bits per heavy atom. The first-order valence-corrected chi connectivity index (χ1v) is 6.17. The van der Waals surface area contributed by atoms with E-state index in [1.165, 1.54) is 24.2 Å². The lowest BCUT2D eigenvalue weighted by molar-refractivity contribution is 0.630. The first-order chi connectivity index (χ1) is 8.31. The number of halogens is 1. The van der Waals surface area contributed by atoms with E-state index in [-0.39, 0.29) is 5.82 Å². The molecule has 0 saturated carbocycles. The average Bonchev–Trinajstić information content (AvgIpc) is 2.39. The Morgan fingerprint density at radius 1 is 1.29 bits per heavy atom. The van der Waals surface area contributed by atoms with Crippen LogP contribution in [0.4, 0.5) is 10.1 Å². The standard InChI is InChI=1S/C12H10FN3S/c1-17-12(11-6-7-14-8-15-11)16-10-5-3-2-4-9(10)13/h2-8H,1H3/b16-12-. The summed E-state index contributed by atoms with van der Waals surface area (Å²) in [6.45, 7) is 0. The molecule has 5 heteroatoms. The molecule has 0 saturated heterocycles. The van der Waals surface area contributed by atoms with Crippen LogP contribution in [0.25, 0.3) is 0 Å². The molecule has 2 rings (SSSR count). The van der Waals surface area contributed by atoms with Crippen molar-refractivity contribution in [2.45, 2.75) is 0 Å². The lowest BCUT2D eigenvalue weighted by Crippen LogP contribution is -1.98. The monoisotopic (exact) mass is 247 g/mol. The van der Waals surface area contributed by atoms with Crippen LogP contribution < -0.4 is 0 Å². The first kappa shape index (κ1) is 11.7. The van der Waals surface area contributed by atoms with E-state index in [1.54, 1.807) is 30.5 Å². The summed E-state index contributed by atoms with van der Waals surface area (Å²) < 4.78 is 13.5. The Balaban J connectivity index is 2.40. The van der Waals surface area contributed by atoms with E-state index in [0.29, 0.717) is 16.4 Å². The number of aliphatic imine (C=N–C) groups is 1. The Kier molecular flexibility index (Phi) is 3.82. The first-order valence-electron chi connectivity index (χ1n) is 4.95. The molecule has 0 fully saturated rings. The fraction of sp³-hybridized carbons (Fsp3) is 0.0833. The van der Waals surface area contributed by atoms with Crippen LogP contribution in [0.3, 0.4) is 0 Å². The normalized spacial score (nSPS) is 11.5. The van der Waals surface area contributed by atoms with Crippen molar-refractivity contribution in [3.8, 4) is 0 Å². The van der Waals surface area contributed by atoms with Crippen molar-refractivity contribution in [3.05, 3.63) is 54.4 Å². The van der Waals surface area contributed by atoms with Gasteiger partial charge in [0.1, 0.15) is 22.9 Å². The molecule has 0 aliphatic rings. The molecule has 0 aliphatic heterocycles. The number of hydrogen-bond acceptors (Lipinski definition) is 4. The van der Waals surface area contributed by atoms with Gasteiger partial charge in [-0.3, -0.25) is 0 Å². The highest BCUT2D eigenvalue weighted by atomic mass is 32.2. The molecule has 0 N–H and O–H groups in total. The van der Waals surface area contributed by atoms with E-state index in [9.17, 15) is 4.39 Å². The second-order valence-electron chi connectivity index (χ2n) is 3.17. The predicted molar refractivity (Wildman–Crippen MR) is 68.1 cm³/mol. The van der Waals surface area contributed by atoms with E-state index in [4.69, 9.17) is 0 Å². The molecule has 0 bridgehead atoms. The van der Waals surface area contributed by atoms with E-state index in [1.807, 2.05) is 6.26 Å². The van der Waals surface area contributed by atoms with Crippen LogP contribution in [-0.4, -0.2) is 21.3 Å². The molecule has 3 nitrogen and oxygen atoms in total. The molecule has 0 atom stereocenters. The molecule has 2 aromatic rings. The Hall–Kier alpha value is -1.75. The van der Waals surface area contributed by atoms with Gasteiger partial charge in [-0.05, 0) is 24.5 Å². The van der Waals surface area contributed by atoms with Crippen LogP contribution in [0.2, 0.25) is 0 Å². The minimum Gasteiger partial charge on any atom is -0.245 e. The van der Waals surface area contributed by atoms with Gasteiger partial charge in [0.2, 0.25) is 0 Å². The summed E-state index contributed by atoms with van der Waals surface area (Å²) in [5, 5.41) is 0.664. The van der Waals surface area contributed by atoms with Crippen LogP contribution in [0.5, 0.6) is 0 Å². The maximum atomic E-state index is 13.5. The van der Waals surface area contributed by atoms with Gasteiger partial charge in [-0.15, -0.1) is 11.8 Å². The van der Waals surface area contributed by atoms with Gasteiger partial charge in [0.05, 0.1) is 5.69 Å². The highest BCUT2D eigenvalue weighted by molar-refractivity contribution is 8.13. The van der Waals surface area contributed by atoms with Gasteiger partial charge >= 0.3 is 0 Å². The molecule has 0 unspecified atom stereocenters. The maximum Gasteiger partial charge on any atom is 0.148 e. The van der Waals surface area contributed by atoms with E-state index >= 15 is 0 Å². The maximum absolute atomic E-state index is 13.5. The number of para-hydroxylation sites is 1. The van der Waals surface area contributed by atoms with Crippen LogP contribution in [0.15, 0.2) is 47.8 Å². The van der Waals surface area contributed by atoms with Crippen molar-refractivity contribution in [2.24, 2.45) is 4.99 Å². The highest BCUT2D eigenvalue weighted by Crippen LogP contribution is 2.20. The summed E-state index contributed by atoms with van der Waals surface area (Å²) in [7, 11) is 0. The predicted octanol–water partition coefficient (Wildman–Crippen LogP) is 3.06. The highest BCUT2D eigenvalue weighted by Gasteiger charge is 2.05. The van der Waals surface area contributed by atoms with Crippen LogP contribution in [-0.2, 0) is 0 Å². The molecule has 1 heterocycles. The minimum atomic E-state index is -0.340. The molecular weight excluding hydrogens is 237 g/mol. The lowest BCUT2D eigenvalue weighted by Gasteiger charge is -2.02. The van der Waals surface area contributed by atoms with Crippen molar-refractivity contribution >= 4 is 22.5 Å². The Morgan fingerprint density at radius 2 is 2.12 bits per heavy atom. The second-order valence-corrected chi connectivity index (χ2v) is 3.96. The van der Waals surface area contributed by atoms with Crippen molar-refractivity contribution < 1.29 is 4.39 Å². The van der Waals surface area contributed by atoms with Gasteiger partial charge in [0.15, 0.2) is 0 Å². The summed E-state index contributed by atoms with van der Waals surface area (Å²) in [4.78, 5) is 12.2. The number of hydrogen-bond donors (Lipinski definition) is 0. The summed E-state index contributed by atoms with van der Waals surface area (Å²) in [6.07, 6.45) is 4.96. The molecule has 1 aromatic heterocycles. The SMILES string of the molecule is CS/C(=N\c1ccccc1F)c1ccncn1. The molecule has 0 spiro atoms. The Labute approximate surface area is 103 Å². The topological polar surface area (TPSA) is 38.1 Å². The molecule has 86 valence electrons. The Bertz CT molecular complexity index is 528. The van der Waals surface area contributed by atoms with Gasteiger partial charge in [-0.1, -0.05) is 12.1 Å². The zero-order valence-electron chi connectivity index (χ0n) is 9.17. The van der Waals surface area contributed by atoms with Gasteiger partial charge in [-0.2, -0.15) is 0 Å². The summed E-state index contributed by atoms with van der Waals surface area (Å²) in [5.74, 6) is -0.340. The van der Waals surface area contributed by atoms with Gasteiger partial charge in [-0.25, -0.2) is 19.4 Å². The van der Waals surface area contributed by atoms with Crippen LogP contribution >= 0.6 is 11.8 Å². The van der Waals surface area contributed by atoms with Gasteiger partial charge < -0.3 is 0 Å². The minimum absolute atomic E-state index is 0.315. The summed E-state index contributed by atoms with van der Waals surface area (Å²) >= 11 is 1.42. The molecular formula is C12H10FN3S. The number of thioether (sulfide) groups is 1. The van der Waals surface area contributed by atoms with Crippen molar-refractivity contribution in [2.75, 3.05) is 6.26 Å². The number of nitrogens with zero attached hydrogens (tertiary/aromatic N) is 3. The molecule has 17 heavy (non-hydrogen) atoms. The van der Waals surface area contributed by atoms with Crippen LogP contribution in [0.1, 0.15) is 5.69 Å². The second kappa shape index (κ2) is 5.54. The molecule has 0 radical (unpaired) electrons. The quantitative estimate of drug-likeness (QED) is 0.604. The van der Waals surface area contributed by atoms with Crippen LogP contribution in [0, 0.1) is 5.82 Å². The van der Waals surface area contributed by atoms with E-state index in [2.05, 4.69) is 15.0 Å². The number of rotatable bonds is 2. The zero-order valence-corrected chi connectivity index (χ0v) is 9.99. The zero-order chi connectivity index (χ0) is 12.1. The largest absolute Gasteiger partial charge is 0.245 e. The lowest BCUT2D eigenvalue weighted by atomic mass is 10.3. The van der Waals surface area contributed by atoms with Gasteiger partial charge in [0.25, 0.3) is 0 Å². The van der Waals surface area contributed by atoms with Crippen molar-refractivity contribution in [1.29, 1.82) is 0 Å². The summed E-state index contributed by atoms with van der Waals surface area (Å²) in [5.41, 5.74) is 1.01. The smallest absolute Gasteiger partial charge is 0.148 e. The molecule has 0 aliphatic carbocycles. The molecule has 0 amide bonds. The van der Waals surface area contributed by atoms with E-state index < -0.39 is 0 Å². The molecule has 1 aromatic carbocycles. The number of benzene rings is 1. The third kappa shape index (κ3) is 2.88. The summed E-state index contributed by atoms with van der Waals surface area (Å²) in [6, 6.07) is 8.15. The van der Waals surface area contributed by atoms with E-state index in [0.717, 1.165) is 0 Å². The average molecular weight is 247 g/mol.